The Morgan fingerprint density at radius 2 is 2.40 bits per heavy atom. The third kappa shape index (κ3) is 4.46. The molecule has 0 radical (unpaired) electrons. The van der Waals surface area contributed by atoms with Gasteiger partial charge in [0, 0.05) is 32.5 Å². The number of aryl methyl sites for hydroxylation is 1. The molecule has 4 N–H and O–H groups in total. The van der Waals surface area contributed by atoms with Gasteiger partial charge < -0.3 is 9.88 Å². The molecule has 0 fully saturated rings. The number of guanidine groups is 1. The average Bonchev–Trinajstić information content (AvgIpc) is 2.76. The normalized spacial score (nSPS) is 11.5. The van der Waals surface area contributed by atoms with Crippen LogP contribution in [-0.4, -0.2) is 29.1 Å². The number of hydrogen-bond donors (Lipinski definition) is 3. The van der Waals surface area contributed by atoms with E-state index in [0.717, 1.165) is 25.9 Å². The summed E-state index contributed by atoms with van der Waals surface area (Å²) < 4.78 is 2.07. The number of nitrogens with zero attached hydrogens (tertiary/aromatic N) is 3. The van der Waals surface area contributed by atoms with Gasteiger partial charge in [0.1, 0.15) is 0 Å². The van der Waals surface area contributed by atoms with Crippen molar-refractivity contribution >= 4 is 5.96 Å². The van der Waals surface area contributed by atoms with Crippen LogP contribution in [0.4, 0.5) is 0 Å². The van der Waals surface area contributed by atoms with Gasteiger partial charge in [0.05, 0.1) is 6.33 Å². The van der Waals surface area contributed by atoms with E-state index in [0.29, 0.717) is 5.96 Å². The lowest BCUT2D eigenvalue weighted by molar-refractivity contribution is 0.599. The van der Waals surface area contributed by atoms with Crippen LogP contribution in [0.5, 0.6) is 0 Å². The van der Waals surface area contributed by atoms with E-state index in [1.54, 1.807) is 13.2 Å². The molecule has 15 heavy (non-hydrogen) atoms. The fourth-order valence-electron chi connectivity index (χ4n) is 1.24. The van der Waals surface area contributed by atoms with Gasteiger partial charge in [-0.3, -0.25) is 10.4 Å². The summed E-state index contributed by atoms with van der Waals surface area (Å²) in [5, 5.41) is 3.09. The first-order valence-corrected chi connectivity index (χ1v) is 5.00. The lowest BCUT2D eigenvalue weighted by atomic mass is 10.3. The second-order valence-electron chi connectivity index (χ2n) is 3.15. The van der Waals surface area contributed by atoms with Gasteiger partial charge in [-0.25, -0.2) is 10.8 Å². The molecule has 0 aliphatic rings. The van der Waals surface area contributed by atoms with Crippen LogP contribution in [0.1, 0.15) is 12.8 Å². The molecule has 0 unspecified atom stereocenters. The maximum Gasteiger partial charge on any atom is 0.205 e. The Morgan fingerprint density at radius 1 is 1.53 bits per heavy atom. The summed E-state index contributed by atoms with van der Waals surface area (Å²) in [5.41, 5.74) is 2.48. The lowest BCUT2D eigenvalue weighted by Crippen LogP contribution is -2.41. The van der Waals surface area contributed by atoms with E-state index < -0.39 is 0 Å². The Morgan fingerprint density at radius 3 is 3.00 bits per heavy atom. The van der Waals surface area contributed by atoms with E-state index >= 15 is 0 Å². The number of rotatable bonds is 5. The molecule has 1 rings (SSSR count). The molecular formula is C9H18N6. The molecule has 0 amide bonds. The van der Waals surface area contributed by atoms with Crippen molar-refractivity contribution in [2.45, 2.75) is 19.4 Å². The highest BCUT2D eigenvalue weighted by Crippen LogP contribution is 1.93. The summed E-state index contributed by atoms with van der Waals surface area (Å²) >= 11 is 0. The number of nitrogens with one attached hydrogen (secondary N) is 2. The topological polar surface area (TPSA) is 80.3 Å². The molecule has 0 spiro atoms. The van der Waals surface area contributed by atoms with Gasteiger partial charge in [0.2, 0.25) is 5.96 Å². The van der Waals surface area contributed by atoms with Crippen LogP contribution in [-0.2, 0) is 6.54 Å². The molecule has 84 valence electrons. The predicted molar refractivity (Wildman–Crippen MR) is 60.1 cm³/mol. The van der Waals surface area contributed by atoms with Crippen LogP contribution in [0.25, 0.3) is 0 Å². The van der Waals surface area contributed by atoms with Crippen molar-refractivity contribution < 1.29 is 0 Å². The third-order valence-corrected chi connectivity index (χ3v) is 2.06. The number of imidazole rings is 1. The fourth-order valence-corrected chi connectivity index (χ4v) is 1.24. The number of hydrogen-bond acceptors (Lipinski definition) is 3. The largest absolute Gasteiger partial charge is 0.355 e. The molecular weight excluding hydrogens is 192 g/mol. The minimum Gasteiger partial charge on any atom is -0.355 e. The average molecular weight is 210 g/mol. The van der Waals surface area contributed by atoms with Crippen molar-refractivity contribution in [2.24, 2.45) is 10.8 Å². The molecule has 0 aliphatic carbocycles. The van der Waals surface area contributed by atoms with Crippen molar-refractivity contribution in [1.82, 2.24) is 20.3 Å². The van der Waals surface area contributed by atoms with Crippen LogP contribution >= 0.6 is 0 Å². The summed E-state index contributed by atoms with van der Waals surface area (Å²) in [4.78, 5) is 7.89. The van der Waals surface area contributed by atoms with E-state index in [9.17, 15) is 0 Å². The molecule has 0 saturated carbocycles. The van der Waals surface area contributed by atoms with Crippen molar-refractivity contribution in [3.63, 3.8) is 0 Å². The van der Waals surface area contributed by atoms with Gasteiger partial charge in [-0.1, -0.05) is 0 Å². The van der Waals surface area contributed by atoms with Gasteiger partial charge in [-0.2, -0.15) is 0 Å². The van der Waals surface area contributed by atoms with Gasteiger partial charge in [0.15, 0.2) is 0 Å². The van der Waals surface area contributed by atoms with Gasteiger partial charge in [-0.05, 0) is 12.8 Å². The maximum absolute atomic E-state index is 5.22. The number of aromatic nitrogens is 2. The fraction of sp³-hybridized carbons (Fsp3) is 0.556. The lowest BCUT2D eigenvalue weighted by Gasteiger charge is -2.07. The van der Waals surface area contributed by atoms with Crippen LogP contribution < -0.4 is 16.6 Å². The predicted octanol–water partition coefficient (Wildman–Crippen LogP) is -0.298. The Balaban J connectivity index is 2.02. The number of nitrogens with two attached hydrogens (primary N) is 1. The number of hydrazine groups is 1. The van der Waals surface area contributed by atoms with Crippen LogP contribution in [0.15, 0.2) is 23.7 Å². The summed E-state index contributed by atoms with van der Waals surface area (Å²) in [6.07, 6.45) is 7.75. The Kier molecular flexibility index (Phi) is 5.24. The number of aliphatic imine (C=N–C) groups is 1. The zero-order chi connectivity index (χ0) is 10.9. The molecule has 6 heteroatoms. The van der Waals surface area contributed by atoms with Crippen molar-refractivity contribution in [1.29, 1.82) is 0 Å². The Labute approximate surface area is 89.6 Å². The van der Waals surface area contributed by atoms with Crippen molar-refractivity contribution in [2.75, 3.05) is 13.6 Å². The highest BCUT2D eigenvalue weighted by atomic mass is 15.3. The first-order chi connectivity index (χ1) is 7.36. The first-order valence-electron chi connectivity index (χ1n) is 5.00. The van der Waals surface area contributed by atoms with E-state index in [1.165, 1.54) is 0 Å². The van der Waals surface area contributed by atoms with E-state index in [1.807, 2.05) is 12.5 Å². The minimum atomic E-state index is 0.623. The molecule has 1 aromatic rings. The molecule has 0 aromatic carbocycles. The Bertz CT molecular complexity index is 279. The molecule has 6 nitrogen and oxygen atoms in total. The second-order valence-corrected chi connectivity index (χ2v) is 3.15. The summed E-state index contributed by atoms with van der Waals surface area (Å²) in [6.45, 7) is 1.86. The monoisotopic (exact) mass is 210 g/mol. The Hall–Kier alpha value is -1.56. The highest BCUT2D eigenvalue weighted by Gasteiger charge is 1.93. The highest BCUT2D eigenvalue weighted by molar-refractivity contribution is 5.78. The molecule has 0 saturated heterocycles. The van der Waals surface area contributed by atoms with Crippen LogP contribution in [0.2, 0.25) is 0 Å². The van der Waals surface area contributed by atoms with Gasteiger partial charge in [0.25, 0.3) is 0 Å². The zero-order valence-corrected chi connectivity index (χ0v) is 8.98. The van der Waals surface area contributed by atoms with E-state index in [-0.39, 0.29) is 0 Å². The molecule has 0 bridgehead atoms. The number of unbranched alkanes of at least 4 members (excludes halogenated alkanes) is 1. The SMILES string of the molecule is CN=C(NN)NCCCCn1ccnc1. The molecule has 1 aromatic heterocycles. The van der Waals surface area contributed by atoms with Gasteiger partial charge in [-0.15, -0.1) is 0 Å². The van der Waals surface area contributed by atoms with Crippen molar-refractivity contribution in [3.05, 3.63) is 18.7 Å². The molecule has 0 aliphatic heterocycles. The van der Waals surface area contributed by atoms with Crippen LogP contribution in [0.3, 0.4) is 0 Å². The quantitative estimate of drug-likeness (QED) is 0.205. The standard InChI is InChI=1S/C9H18N6/c1-11-9(14-10)13-4-2-3-6-15-7-5-12-8-15/h5,7-8H,2-4,6,10H2,1H3,(H2,11,13,14). The second kappa shape index (κ2) is 6.83. The minimum absolute atomic E-state index is 0.623. The summed E-state index contributed by atoms with van der Waals surface area (Å²) in [7, 11) is 1.69. The smallest absolute Gasteiger partial charge is 0.205 e. The first kappa shape index (κ1) is 11.5. The molecule has 0 atom stereocenters. The van der Waals surface area contributed by atoms with Gasteiger partial charge >= 0.3 is 0 Å². The zero-order valence-electron chi connectivity index (χ0n) is 8.98. The summed E-state index contributed by atoms with van der Waals surface area (Å²) in [5.74, 6) is 5.84. The third-order valence-electron chi connectivity index (χ3n) is 2.06. The summed E-state index contributed by atoms with van der Waals surface area (Å²) in [6, 6.07) is 0. The van der Waals surface area contributed by atoms with E-state index in [2.05, 4.69) is 25.3 Å². The van der Waals surface area contributed by atoms with E-state index in [4.69, 9.17) is 5.84 Å². The molecule has 1 heterocycles. The van der Waals surface area contributed by atoms with Crippen LogP contribution in [0, 0.1) is 0 Å². The van der Waals surface area contributed by atoms with Crippen molar-refractivity contribution in [3.8, 4) is 0 Å². The maximum atomic E-state index is 5.22.